The van der Waals surface area contributed by atoms with E-state index in [2.05, 4.69) is 5.32 Å². The Morgan fingerprint density at radius 2 is 1.95 bits per heavy atom. The average Bonchev–Trinajstić information content (AvgIpc) is 2.52. The first-order chi connectivity index (χ1) is 10.5. The molecule has 4 N–H and O–H groups in total. The van der Waals surface area contributed by atoms with Crippen molar-refractivity contribution >= 4 is 12.1 Å². The summed E-state index contributed by atoms with van der Waals surface area (Å²) in [7, 11) is 1.59. The zero-order chi connectivity index (χ0) is 16.4. The summed E-state index contributed by atoms with van der Waals surface area (Å²) < 4.78 is 10.1. The van der Waals surface area contributed by atoms with Gasteiger partial charge >= 0.3 is 12.1 Å². The van der Waals surface area contributed by atoms with E-state index in [-0.39, 0.29) is 6.61 Å². The van der Waals surface area contributed by atoms with Gasteiger partial charge in [-0.15, -0.1) is 0 Å². The SMILES string of the molecule is COc1ccc(COC(=O)NCCCC[C@H](N)C(=O)O)cc1. The highest BCUT2D eigenvalue weighted by atomic mass is 16.5. The van der Waals surface area contributed by atoms with E-state index in [1.807, 2.05) is 12.1 Å². The van der Waals surface area contributed by atoms with Crippen LogP contribution in [-0.4, -0.2) is 36.9 Å². The minimum Gasteiger partial charge on any atom is -0.497 e. The van der Waals surface area contributed by atoms with Crippen LogP contribution in [0.3, 0.4) is 0 Å². The number of nitrogens with one attached hydrogen (secondary N) is 1. The number of rotatable bonds is 9. The minimum absolute atomic E-state index is 0.180. The molecule has 7 heteroatoms. The zero-order valence-electron chi connectivity index (χ0n) is 12.6. The number of methoxy groups -OCH3 is 1. The van der Waals surface area contributed by atoms with Crippen molar-refractivity contribution in [3.8, 4) is 5.75 Å². The van der Waals surface area contributed by atoms with Gasteiger partial charge in [-0.1, -0.05) is 12.1 Å². The Hall–Kier alpha value is -2.28. The number of aliphatic carboxylic acids is 1. The molecule has 0 fully saturated rings. The van der Waals surface area contributed by atoms with Gasteiger partial charge in [0.1, 0.15) is 18.4 Å². The van der Waals surface area contributed by atoms with Crippen LogP contribution in [0, 0.1) is 0 Å². The molecule has 0 radical (unpaired) electrons. The first-order valence-electron chi connectivity index (χ1n) is 7.05. The molecule has 22 heavy (non-hydrogen) atoms. The molecule has 122 valence electrons. The lowest BCUT2D eigenvalue weighted by molar-refractivity contribution is -0.138. The van der Waals surface area contributed by atoms with E-state index in [0.29, 0.717) is 25.8 Å². The maximum absolute atomic E-state index is 11.5. The number of alkyl carbamates (subject to hydrolysis) is 1. The van der Waals surface area contributed by atoms with Crippen LogP contribution in [0.5, 0.6) is 5.75 Å². The number of carboxylic acids is 1. The van der Waals surface area contributed by atoms with Gasteiger partial charge in [0.25, 0.3) is 0 Å². The normalized spacial score (nSPS) is 11.5. The molecule has 0 bridgehead atoms. The Bertz CT molecular complexity index is 475. The molecule has 0 saturated heterocycles. The van der Waals surface area contributed by atoms with E-state index in [0.717, 1.165) is 11.3 Å². The van der Waals surface area contributed by atoms with Crippen molar-refractivity contribution in [2.45, 2.75) is 31.9 Å². The van der Waals surface area contributed by atoms with Crippen LogP contribution in [-0.2, 0) is 16.1 Å². The van der Waals surface area contributed by atoms with Gasteiger partial charge in [0, 0.05) is 6.54 Å². The zero-order valence-corrected chi connectivity index (χ0v) is 12.6. The van der Waals surface area contributed by atoms with E-state index < -0.39 is 18.1 Å². The first kappa shape index (κ1) is 17.8. The van der Waals surface area contributed by atoms with Crippen molar-refractivity contribution in [1.29, 1.82) is 0 Å². The molecule has 0 aliphatic heterocycles. The van der Waals surface area contributed by atoms with Gasteiger partial charge in [-0.05, 0) is 37.0 Å². The molecule has 0 saturated carbocycles. The quantitative estimate of drug-likeness (QED) is 0.596. The topological polar surface area (TPSA) is 111 Å². The van der Waals surface area contributed by atoms with Crippen molar-refractivity contribution < 1.29 is 24.2 Å². The number of amides is 1. The fraction of sp³-hybridized carbons (Fsp3) is 0.467. The number of unbranched alkanes of at least 4 members (excludes halogenated alkanes) is 1. The number of carbonyl (C=O) groups excluding carboxylic acids is 1. The van der Waals surface area contributed by atoms with Gasteiger partial charge in [0.05, 0.1) is 7.11 Å². The van der Waals surface area contributed by atoms with Crippen LogP contribution in [0.25, 0.3) is 0 Å². The number of nitrogens with two attached hydrogens (primary N) is 1. The molecule has 7 nitrogen and oxygen atoms in total. The molecule has 1 amide bonds. The lowest BCUT2D eigenvalue weighted by atomic mass is 10.1. The summed E-state index contributed by atoms with van der Waals surface area (Å²) in [6, 6.07) is 6.38. The Morgan fingerprint density at radius 1 is 1.27 bits per heavy atom. The summed E-state index contributed by atoms with van der Waals surface area (Å²) in [5.41, 5.74) is 6.24. The van der Waals surface area contributed by atoms with Crippen LogP contribution >= 0.6 is 0 Å². The van der Waals surface area contributed by atoms with E-state index in [1.165, 1.54) is 0 Å². The molecule has 0 aliphatic carbocycles. The highest BCUT2D eigenvalue weighted by Crippen LogP contribution is 2.11. The third-order valence-corrected chi connectivity index (χ3v) is 3.06. The number of benzene rings is 1. The van der Waals surface area contributed by atoms with Crippen LogP contribution in [0.4, 0.5) is 4.79 Å². The molecule has 1 aromatic carbocycles. The van der Waals surface area contributed by atoms with Gasteiger partial charge in [0.2, 0.25) is 0 Å². The van der Waals surface area contributed by atoms with Gasteiger partial charge in [-0.3, -0.25) is 4.79 Å². The second-order valence-corrected chi connectivity index (χ2v) is 4.79. The molecule has 0 aromatic heterocycles. The second kappa shape index (κ2) is 9.62. The number of carbonyl (C=O) groups is 2. The Kier molecular flexibility index (Phi) is 7.77. The molecule has 0 unspecified atom stereocenters. The predicted molar refractivity (Wildman–Crippen MR) is 80.6 cm³/mol. The van der Waals surface area contributed by atoms with Crippen molar-refractivity contribution in [2.75, 3.05) is 13.7 Å². The molecular weight excluding hydrogens is 288 g/mol. The number of hydrogen-bond acceptors (Lipinski definition) is 5. The summed E-state index contributed by atoms with van der Waals surface area (Å²) in [4.78, 5) is 22.0. The van der Waals surface area contributed by atoms with E-state index >= 15 is 0 Å². The molecule has 0 heterocycles. The van der Waals surface area contributed by atoms with Crippen LogP contribution in [0.15, 0.2) is 24.3 Å². The second-order valence-electron chi connectivity index (χ2n) is 4.79. The Balaban J connectivity index is 2.11. The summed E-state index contributed by atoms with van der Waals surface area (Å²) in [6.45, 7) is 0.605. The van der Waals surface area contributed by atoms with E-state index in [4.69, 9.17) is 20.3 Å². The maximum atomic E-state index is 11.5. The fourth-order valence-corrected chi connectivity index (χ4v) is 1.72. The largest absolute Gasteiger partial charge is 0.497 e. The molecule has 0 spiro atoms. The van der Waals surface area contributed by atoms with Crippen molar-refractivity contribution in [2.24, 2.45) is 5.73 Å². The Labute approximate surface area is 129 Å². The lowest BCUT2D eigenvalue weighted by Gasteiger charge is -2.08. The molecule has 1 atom stereocenters. The number of carboxylic acid groups (broad SMARTS) is 1. The number of ether oxygens (including phenoxy) is 2. The maximum Gasteiger partial charge on any atom is 0.407 e. The minimum atomic E-state index is -1.01. The van der Waals surface area contributed by atoms with Crippen LogP contribution < -0.4 is 15.8 Å². The third kappa shape index (κ3) is 6.94. The summed E-state index contributed by atoms with van der Waals surface area (Å²) in [5, 5.41) is 11.2. The summed E-state index contributed by atoms with van der Waals surface area (Å²) in [6.07, 6.45) is 1.17. The molecule has 1 rings (SSSR count). The van der Waals surface area contributed by atoms with E-state index in [9.17, 15) is 9.59 Å². The van der Waals surface area contributed by atoms with Crippen LogP contribution in [0.2, 0.25) is 0 Å². The highest BCUT2D eigenvalue weighted by Gasteiger charge is 2.10. The standard InChI is InChI=1S/C15H22N2O5/c1-21-12-7-5-11(6-8-12)10-22-15(20)17-9-3-2-4-13(16)14(18)19/h5-8,13H,2-4,9-10,16H2,1H3,(H,17,20)(H,18,19)/t13-/m0/s1. The average molecular weight is 310 g/mol. The summed E-state index contributed by atoms with van der Waals surface area (Å²) >= 11 is 0. The van der Waals surface area contributed by atoms with Crippen molar-refractivity contribution in [3.63, 3.8) is 0 Å². The third-order valence-electron chi connectivity index (χ3n) is 3.06. The highest BCUT2D eigenvalue weighted by molar-refractivity contribution is 5.72. The van der Waals surface area contributed by atoms with E-state index in [1.54, 1.807) is 19.2 Å². The van der Waals surface area contributed by atoms with Crippen molar-refractivity contribution in [1.82, 2.24) is 5.32 Å². The van der Waals surface area contributed by atoms with Gasteiger partial charge in [-0.25, -0.2) is 4.79 Å². The van der Waals surface area contributed by atoms with Crippen LogP contribution in [0.1, 0.15) is 24.8 Å². The lowest BCUT2D eigenvalue weighted by Crippen LogP contribution is -2.30. The molecular formula is C15H22N2O5. The predicted octanol–water partition coefficient (Wildman–Crippen LogP) is 1.50. The van der Waals surface area contributed by atoms with Gasteiger partial charge in [0.15, 0.2) is 0 Å². The van der Waals surface area contributed by atoms with Gasteiger partial charge < -0.3 is 25.6 Å². The molecule has 1 aromatic rings. The Morgan fingerprint density at radius 3 is 2.55 bits per heavy atom. The first-order valence-corrected chi connectivity index (χ1v) is 7.05. The monoisotopic (exact) mass is 310 g/mol. The molecule has 0 aliphatic rings. The van der Waals surface area contributed by atoms with Crippen molar-refractivity contribution in [3.05, 3.63) is 29.8 Å². The smallest absolute Gasteiger partial charge is 0.407 e. The number of hydrogen-bond donors (Lipinski definition) is 3. The fourth-order valence-electron chi connectivity index (χ4n) is 1.72. The summed E-state index contributed by atoms with van der Waals surface area (Å²) in [5.74, 6) is -0.264. The van der Waals surface area contributed by atoms with Gasteiger partial charge in [-0.2, -0.15) is 0 Å².